The van der Waals surface area contributed by atoms with Crippen molar-refractivity contribution in [2.75, 3.05) is 0 Å². The van der Waals surface area contributed by atoms with E-state index < -0.39 is 5.91 Å². The predicted molar refractivity (Wildman–Crippen MR) is 52.7 cm³/mol. The molecule has 0 saturated heterocycles. The molecule has 2 rings (SSSR count). The fourth-order valence-electron chi connectivity index (χ4n) is 1.37. The molecule has 1 aromatic heterocycles. The van der Waals surface area contributed by atoms with E-state index in [-0.39, 0.29) is 0 Å². The smallest absolute Gasteiger partial charge is 0.249 e. The Morgan fingerprint density at radius 2 is 2.00 bits per heavy atom. The summed E-state index contributed by atoms with van der Waals surface area (Å²) in [6.45, 7) is 0. The van der Waals surface area contributed by atoms with E-state index in [1.807, 2.05) is 12.1 Å². The number of hydrogen-bond donors (Lipinski definition) is 1. The molecule has 0 spiro atoms. The molecule has 1 amide bonds. The van der Waals surface area contributed by atoms with Gasteiger partial charge in [0.05, 0.1) is 12.5 Å². The fraction of sp³-hybridized carbons (Fsp3) is 0. The molecule has 0 unspecified atom stereocenters. The number of amides is 1. The molecule has 14 heavy (non-hydrogen) atoms. The van der Waals surface area contributed by atoms with Crippen molar-refractivity contribution < 1.29 is 9.21 Å². The molecule has 1 heterocycles. The fourth-order valence-corrected chi connectivity index (χ4v) is 1.37. The predicted octanol–water partition coefficient (Wildman–Crippen LogP) is 2.05. The van der Waals surface area contributed by atoms with Gasteiger partial charge in [0.15, 0.2) is 0 Å². The van der Waals surface area contributed by atoms with Gasteiger partial charge in [-0.05, 0) is 17.7 Å². The van der Waals surface area contributed by atoms with E-state index in [0.717, 1.165) is 11.1 Å². The Hall–Kier alpha value is -2.03. The van der Waals surface area contributed by atoms with Crippen molar-refractivity contribution in [2.24, 2.45) is 5.73 Å². The van der Waals surface area contributed by atoms with Crippen molar-refractivity contribution in [1.82, 2.24) is 0 Å². The Balaban J connectivity index is 2.58. The van der Waals surface area contributed by atoms with Gasteiger partial charge in [0.1, 0.15) is 0 Å². The summed E-state index contributed by atoms with van der Waals surface area (Å²) in [5.74, 6) is -0.429. The van der Waals surface area contributed by atoms with Crippen LogP contribution in [0.25, 0.3) is 11.1 Å². The average molecular weight is 187 g/mol. The highest BCUT2D eigenvalue weighted by atomic mass is 16.3. The number of nitrogens with two attached hydrogens (primary N) is 1. The van der Waals surface area contributed by atoms with Gasteiger partial charge >= 0.3 is 0 Å². The molecule has 3 heteroatoms. The van der Waals surface area contributed by atoms with Gasteiger partial charge in [-0.1, -0.05) is 18.2 Å². The van der Waals surface area contributed by atoms with Crippen LogP contribution in [0, 0.1) is 0 Å². The zero-order valence-electron chi connectivity index (χ0n) is 7.44. The van der Waals surface area contributed by atoms with Crippen LogP contribution in [0.15, 0.2) is 47.3 Å². The Labute approximate surface area is 81.1 Å². The third-order valence-corrected chi connectivity index (χ3v) is 2.02. The van der Waals surface area contributed by atoms with Crippen LogP contribution in [0.1, 0.15) is 10.4 Å². The van der Waals surface area contributed by atoms with Gasteiger partial charge < -0.3 is 10.2 Å². The third-order valence-electron chi connectivity index (χ3n) is 2.02. The summed E-state index contributed by atoms with van der Waals surface area (Å²) in [6, 6.07) is 8.97. The molecular weight excluding hydrogens is 178 g/mol. The number of carbonyl (C=O) groups excluding carboxylic acids is 1. The number of furan rings is 1. The molecule has 0 bridgehead atoms. The Morgan fingerprint density at radius 3 is 2.64 bits per heavy atom. The van der Waals surface area contributed by atoms with Crippen LogP contribution >= 0.6 is 0 Å². The number of hydrogen-bond acceptors (Lipinski definition) is 2. The van der Waals surface area contributed by atoms with Gasteiger partial charge in [0.25, 0.3) is 0 Å². The van der Waals surface area contributed by atoms with Crippen molar-refractivity contribution in [1.29, 1.82) is 0 Å². The van der Waals surface area contributed by atoms with Crippen molar-refractivity contribution in [3.8, 4) is 11.1 Å². The van der Waals surface area contributed by atoms with E-state index in [1.54, 1.807) is 30.7 Å². The van der Waals surface area contributed by atoms with Gasteiger partial charge in [-0.15, -0.1) is 0 Å². The molecule has 0 fully saturated rings. The van der Waals surface area contributed by atoms with E-state index in [0.29, 0.717) is 5.56 Å². The van der Waals surface area contributed by atoms with E-state index in [9.17, 15) is 4.79 Å². The van der Waals surface area contributed by atoms with E-state index >= 15 is 0 Å². The van der Waals surface area contributed by atoms with Gasteiger partial charge in [0.2, 0.25) is 5.91 Å². The highest BCUT2D eigenvalue weighted by molar-refractivity contribution is 5.99. The normalized spacial score (nSPS) is 10.0. The summed E-state index contributed by atoms with van der Waals surface area (Å²) >= 11 is 0. The first-order valence-corrected chi connectivity index (χ1v) is 4.20. The average Bonchev–Trinajstić information content (AvgIpc) is 2.70. The van der Waals surface area contributed by atoms with Crippen molar-refractivity contribution in [2.45, 2.75) is 0 Å². The summed E-state index contributed by atoms with van der Waals surface area (Å²) in [6.07, 6.45) is 3.15. The molecule has 2 N–H and O–H groups in total. The van der Waals surface area contributed by atoms with Crippen molar-refractivity contribution in [3.63, 3.8) is 0 Å². The molecule has 0 aliphatic heterocycles. The molecule has 1 aromatic carbocycles. The van der Waals surface area contributed by atoms with Crippen molar-refractivity contribution in [3.05, 3.63) is 48.4 Å². The molecule has 70 valence electrons. The van der Waals surface area contributed by atoms with Gasteiger partial charge in [-0.25, -0.2) is 0 Å². The zero-order valence-corrected chi connectivity index (χ0v) is 7.44. The number of primary amides is 1. The second-order valence-corrected chi connectivity index (χ2v) is 2.92. The minimum atomic E-state index is -0.429. The largest absolute Gasteiger partial charge is 0.472 e. The molecule has 0 radical (unpaired) electrons. The lowest BCUT2D eigenvalue weighted by Crippen LogP contribution is -2.11. The number of benzene rings is 1. The SMILES string of the molecule is NC(=O)c1ccccc1-c1ccoc1. The van der Waals surface area contributed by atoms with Gasteiger partial charge in [0, 0.05) is 11.1 Å². The zero-order chi connectivity index (χ0) is 9.97. The molecule has 0 aliphatic rings. The minimum absolute atomic E-state index is 0.429. The maximum Gasteiger partial charge on any atom is 0.249 e. The maximum absolute atomic E-state index is 11.1. The van der Waals surface area contributed by atoms with Crippen LogP contribution in [-0.4, -0.2) is 5.91 Å². The van der Waals surface area contributed by atoms with Crippen LogP contribution in [0.4, 0.5) is 0 Å². The van der Waals surface area contributed by atoms with E-state index in [4.69, 9.17) is 10.2 Å². The second kappa shape index (κ2) is 3.38. The Morgan fingerprint density at radius 1 is 1.21 bits per heavy atom. The van der Waals surface area contributed by atoms with Crippen LogP contribution in [-0.2, 0) is 0 Å². The van der Waals surface area contributed by atoms with Crippen LogP contribution in [0.2, 0.25) is 0 Å². The molecule has 0 aliphatic carbocycles. The van der Waals surface area contributed by atoms with Gasteiger partial charge in [-0.2, -0.15) is 0 Å². The van der Waals surface area contributed by atoms with E-state index in [1.165, 1.54) is 0 Å². The first kappa shape index (κ1) is 8.56. The summed E-state index contributed by atoms with van der Waals surface area (Å²) in [5, 5.41) is 0. The van der Waals surface area contributed by atoms with Crippen LogP contribution in [0.5, 0.6) is 0 Å². The first-order valence-electron chi connectivity index (χ1n) is 4.20. The highest BCUT2D eigenvalue weighted by Gasteiger charge is 2.09. The summed E-state index contributed by atoms with van der Waals surface area (Å²) in [4.78, 5) is 11.1. The van der Waals surface area contributed by atoms with Gasteiger partial charge in [-0.3, -0.25) is 4.79 Å². The Kier molecular flexibility index (Phi) is 2.07. The first-order chi connectivity index (χ1) is 6.79. The second-order valence-electron chi connectivity index (χ2n) is 2.92. The Bertz CT molecular complexity index is 446. The third kappa shape index (κ3) is 1.40. The number of rotatable bonds is 2. The monoisotopic (exact) mass is 187 g/mol. The molecule has 0 saturated carbocycles. The lowest BCUT2D eigenvalue weighted by molar-refractivity contribution is 0.100. The van der Waals surface area contributed by atoms with Crippen LogP contribution < -0.4 is 5.73 Å². The quantitative estimate of drug-likeness (QED) is 0.782. The summed E-state index contributed by atoms with van der Waals surface area (Å²) in [7, 11) is 0. The minimum Gasteiger partial charge on any atom is -0.472 e. The summed E-state index contributed by atoms with van der Waals surface area (Å²) < 4.78 is 4.95. The topological polar surface area (TPSA) is 56.2 Å². The maximum atomic E-state index is 11.1. The molecule has 3 nitrogen and oxygen atoms in total. The molecule has 2 aromatic rings. The lowest BCUT2D eigenvalue weighted by atomic mass is 10.0. The van der Waals surface area contributed by atoms with E-state index in [2.05, 4.69) is 0 Å². The molecular formula is C11H9NO2. The molecule has 0 atom stereocenters. The van der Waals surface area contributed by atoms with Crippen molar-refractivity contribution >= 4 is 5.91 Å². The summed E-state index contributed by atoms with van der Waals surface area (Å²) in [5.41, 5.74) is 7.42. The standard InChI is InChI=1S/C11H9NO2/c12-11(13)10-4-2-1-3-9(10)8-5-6-14-7-8/h1-7H,(H2,12,13). The lowest BCUT2D eigenvalue weighted by Gasteiger charge is -2.02. The highest BCUT2D eigenvalue weighted by Crippen LogP contribution is 2.23. The van der Waals surface area contributed by atoms with Crippen LogP contribution in [0.3, 0.4) is 0 Å². The number of carbonyl (C=O) groups is 1.